The van der Waals surface area contributed by atoms with Gasteiger partial charge >= 0.3 is 0 Å². The Morgan fingerprint density at radius 1 is 1.17 bits per heavy atom. The summed E-state index contributed by atoms with van der Waals surface area (Å²) in [6, 6.07) is 14.1. The minimum absolute atomic E-state index is 0.309. The first-order chi connectivity index (χ1) is 11.3. The third kappa shape index (κ3) is 2.70. The second-order valence-electron chi connectivity index (χ2n) is 6.12. The number of aromatic nitrogens is 1. The van der Waals surface area contributed by atoms with Gasteiger partial charge in [0.2, 0.25) is 0 Å². The Morgan fingerprint density at radius 2 is 2.09 bits per heavy atom. The molecule has 0 fully saturated rings. The van der Waals surface area contributed by atoms with Crippen molar-refractivity contribution in [2.75, 3.05) is 6.54 Å². The number of phenolic OH excluding ortho intramolecular Hbond substituents is 1. The van der Waals surface area contributed by atoms with Crippen LogP contribution in [0.5, 0.6) is 5.75 Å². The Bertz CT molecular complexity index is 825. The fraction of sp³-hybridized carbons (Fsp3) is 0.316. The van der Waals surface area contributed by atoms with E-state index in [-0.39, 0.29) is 0 Å². The highest BCUT2D eigenvalue weighted by atomic mass is 16.5. The average molecular weight is 308 g/mol. The Hall–Kier alpha value is -2.33. The monoisotopic (exact) mass is 308 g/mol. The van der Waals surface area contributed by atoms with E-state index in [0.29, 0.717) is 11.8 Å². The lowest BCUT2D eigenvalue weighted by molar-refractivity contribution is 0.424. The fourth-order valence-corrected chi connectivity index (χ4v) is 3.52. The van der Waals surface area contributed by atoms with Crippen LogP contribution in [0, 0.1) is 0 Å². The van der Waals surface area contributed by atoms with Crippen LogP contribution in [-0.2, 0) is 12.8 Å². The lowest BCUT2D eigenvalue weighted by Gasteiger charge is -2.27. The molecule has 1 aliphatic carbocycles. The van der Waals surface area contributed by atoms with Crippen LogP contribution < -0.4 is 5.32 Å². The number of rotatable bonds is 4. The molecule has 118 valence electrons. The Balaban J connectivity index is 1.45. The van der Waals surface area contributed by atoms with Gasteiger partial charge in [-0.25, -0.2) is 0 Å². The van der Waals surface area contributed by atoms with Gasteiger partial charge in [0.05, 0.1) is 5.69 Å². The number of fused-ring (bicyclic) bond motifs is 2. The summed E-state index contributed by atoms with van der Waals surface area (Å²) in [4.78, 5) is 0. The molecule has 0 spiro atoms. The topological polar surface area (TPSA) is 58.3 Å². The van der Waals surface area contributed by atoms with E-state index in [1.807, 2.05) is 24.3 Å². The molecule has 23 heavy (non-hydrogen) atoms. The Kier molecular flexibility index (Phi) is 3.75. The molecule has 4 heteroatoms. The maximum Gasteiger partial charge on any atom is 0.167 e. The van der Waals surface area contributed by atoms with E-state index in [0.717, 1.165) is 54.5 Å². The van der Waals surface area contributed by atoms with Crippen molar-refractivity contribution in [1.82, 2.24) is 10.5 Å². The largest absolute Gasteiger partial charge is 0.508 e. The van der Waals surface area contributed by atoms with Crippen molar-refractivity contribution in [3.63, 3.8) is 0 Å². The molecule has 0 saturated heterocycles. The van der Waals surface area contributed by atoms with Crippen LogP contribution in [0.15, 0.2) is 47.0 Å². The number of hydrogen-bond donors (Lipinski definition) is 2. The summed E-state index contributed by atoms with van der Waals surface area (Å²) < 4.78 is 5.35. The zero-order valence-corrected chi connectivity index (χ0v) is 13.0. The normalized spacial score (nSPS) is 17.3. The van der Waals surface area contributed by atoms with Crippen molar-refractivity contribution >= 4 is 11.0 Å². The lowest BCUT2D eigenvalue weighted by atomic mass is 9.87. The second-order valence-corrected chi connectivity index (χ2v) is 6.12. The highest BCUT2D eigenvalue weighted by Crippen LogP contribution is 2.34. The average Bonchev–Trinajstić information content (AvgIpc) is 2.99. The highest BCUT2D eigenvalue weighted by molar-refractivity contribution is 5.79. The molecule has 1 unspecified atom stereocenters. The van der Waals surface area contributed by atoms with Gasteiger partial charge in [0.25, 0.3) is 0 Å². The number of benzene rings is 2. The zero-order valence-electron chi connectivity index (χ0n) is 13.0. The number of hydrogen-bond acceptors (Lipinski definition) is 4. The molecule has 2 aromatic carbocycles. The maximum atomic E-state index is 10.0. The van der Waals surface area contributed by atoms with E-state index in [9.17, 15) is 5.11 Å². The lowest BCUT2D eigenvalue weighted by Crippen LogP contribution is -2.27. The summed E-state index contributed by atoms with van der Waals surface area (Å²) in [5, 5.41) is 18.9. The molecule has 4 nitrogen and oxygen atoms in total. The zero-order chi connectivity index (χ0) is 15.6. The fourth-order valence-electron chi connectivity index (χ4n) is 3.52. The van der Waals surface area contributed by atoms with Crippen LogP contribution in [0.25, 0.3) is 11.0 Å². The molecule has 0 saturated carbocycles. The quantitative estimate of drug-likeness (QED) is 0.771. The molecule has 1 aromatic heterocycles. The van der Waals surface area contributed by atoms with E-state index >= 15 is 0 Å². The van der Waals surface area contributed by atoms with Gasteiger partial charge in [-0.3, -0.25) is 0 Å². The molecule has 4 rings (SSSR count). The van der Waals surface area contributed by atoms with E-state index < -0.39 is 0 Å². The standard InChI is InChI=1S/C19H20N2O2/c22-18-9-4-6-13-14(18)7-3-8-16(13)20-12-11-17-15-5-1-2-10-19(15)23-21-17/h1-2,4-6,9-10,16,20,22H,3,7-8,11-12H2. The molecule has 3 aromatic rings. The van der Waals surface area contributed by atoms with Gasteiger partial charge in [0.15, 0.2) is 5.58 Å². The Labute approximate surface area is 135 Å². The van der Waals surface area contributed by atoms with Gasteiger partial charge < -0.3 is 14.9 Å². The van der Waals surface area contributed by atoms with Crippen molar-refractivity contribution < 1.29 is 9.63 Å². The summed E-state index contributed by atoms with van der Waals surface area (Å²) in [6.45, 7) is 0.844. The summed E-state index contributed by atoms with van der Waals surface area (Å²) >= 11 is 0. The van der Waals surface area contributed by atoms with Crippen molar-refractivity contribution in [3.8, 4) is 5.75 Å². The molecule has 0 bridgehead atoms. The summed E-state index contributed by atoms with van der Waals surface area (Å²) in [6.07, 6.45) is 4.01. The van der Waals surface area contributed by atoms with E-state index in [1.54, 1.807) is 6.07 Å². The number of nitrogens with one attached hydrogen (secondary N) is 1. The summed E-state index contributed by atoms with van der Waals surface area (Å²) in [7, 11) is 0. The minimum atomic E-state index is 0.309. The van der Waals surface area contributed by atoms with Crippen molar-refractivity contribution in [2.45, 2.75) is 31.7 Å². The van der Waals surface area contributed by atoms with E-state index in [2.05, 4.69) is 22.6 Å². The molecule has 2 N–H and O–H groups in total. The van der Waals surface area contributed by atoms with E-state index in [4.69, 9.17) is 4.52 Å². The predicted octanol–water partition coefficient (Wildman–Crippen LogP) is 3.74. The van der Waals surface area contributed by atoms with Crippen LogP contribution in [0.2, 0.25) is 0 Å². The van der Waals surface area contributed by atoms with Crippen molar-refractivity contribution in [2.24, 2.45) is 0 Å². The van der Waals surface area contributed by atoms with Crippen molar-refractivity contribution in [1.29, 1.82) is 0 Å². The highest BCUT2D eigenvalue weighted by Gasteiger charge is 2.21. The van der Waals surface area contributed by atoms with Crippen LogP contribution in [0.3, 0.4) is 0 Å². The van der Waals surface area contributed by atoms with Crippen LogP contribution in [0.1, 0.15) is 35.7 Å². The van der Waals surface area contributed by atoms with Gasteiger partial charge in [0.1, 0.15) is 5.75 Å². The molecular formula is C19H20N2O2. The molecule has 0 amide bonds. The van der Waals surface area contributed by atoms with Gasteiger partial charge in [-0.15, -0.1) is 0 Å². The van der Waals surface area contributed by atoms with Crippen LogP contribution in [-0.4, -0.2) is 16.8 Å². The van der Waals surface area contributed by atoms with Gasteiger partial charge in [0, 0.05) is 24.4 Å². The summed E-state index contributed by atoms with van der Waals surface area (Å²) in [5.41, 5.74) is 4.18. The number of para-hydroxylation sites is 1. The molecular weight excluding hydrogens is 288 g/mol. The smallest absolute Gasteiger partial charge is 0.167 e. The van der Waals surface area contributed by atoms with Gasteiger partial charge in [-0.05, 0) is 48.6 Å². The predicted molar refractivity (Wildman–Crippen MR) is 89.5 cm³/mol. The minimum Gasteiger partial charge on any atom is -0.508 e. The molecule has 0 aliphatic heterocycles. The van der Waals surface area contributed by atoms with Crippen LogP contribution >= 0.6 is 0 Å². The second kappa shape index (κ2) is 6.05. The van der Waals surface area contributed by atoms with Gasteiger partial charge in [-0.2, -0.15) is 0 Å². The first-order valence-electron chi connectivity index (χ1n) is 8.20. The third-order valence-corrected chi connectivity index (χ3v) is 4.69. The SMILES string of the molecule is Oc1cccc2c1CCCC2NCCc1noc2ccccc12. The first-order valence-corrected chi connectivity index (χ1v) is 8.20. The molecule has 0 radical (unpaired) electrons. The molecule has 1 atom stereocenters. The molecule has 1 aliphatic rings. The summed E-state index contributed by atoms with van der Waals surface area (Å²) in [5.74, 6) is 0.427. The number of nitrogens with zero attached hydrogens (tertiary/aromatic N) is 1. The molecule has 1 heterocycles. The third-order valence-electron chi connectivity index (χ3n) is 4.69. The van der Waals surface area contributed by atoms with Crippen LogP contribution in [0.4, 0.5) is 0 Å². The Morgan fingerprint density at radius 3 is 3.04 bits per heavy atom. The number of phenols is 1. The first kappa shape index (κ1) is 14.3. The van der Waals surface area contributed by atoms with E-state index in [1.165, 1.54) is 5.56 Å². The van der Waals surface area contributed by atoms with Crippen molar-refractivity contribution in [3.05, 3.63) is 59.3 Å². The number of aromatic hydroxyl groups is 1. The van der Waals surface area contributed by atoms with Gasteiger partial charge in [-0.1, -0.05) is 29.4 Å². The maximum absolute atomic E-state index is 10.0.